The van der Waals surface area contributed by atoms with Gasteiger partial charge in [0.05, 0.1) is 10.7 Å². The quantitative estimate of drug-likeness (QED) is 0.467. The standard InChI is InChI=1S/C20H27N5S/c1-15-16(2)26-19(24-15)9-10-22-20(21-3)23-14-17-7-6-8-18(13-17)25-11-4-5-12-25/h4-8,13H,9-12,14H2,1-3H3,(H2,21,22,23). The van der Waals surface area contributed by atoms with Crippen molar-refractivity contribution in [2.75, 3.05) is 31.6 Å². The fourth-order valence-corrected chi connectivity index (χ4v) is 3.83. The number of rotatable bonds is 6. The molecule has 0 saturated carbocycles. The van der Waals surface area contributed by atoms with Crippen LogP contribution in [-0.2, 0) is 13.0 Å². The first-order valence-electron chi connectivity index (χ1n) is 9.02. The predicted octanol–water partition coefficient (Wildman–Crippen LogP) is 3.04. The van der Waals surface area contributed by atoms with Crippen LogP contribution in [0.15, 0.2) is 41.4 Å². The molecule has 0 fully saturated rings. The molecule has 2 heterocycles. The van der Waals surface area contributed by atoms with Crippen molar-refractivity contribution in [2.45, 2.75) is 26.8 Å². The minimum absolute atomic E-state index is 0.754. The van der Waals surface area contributed by atoms with E-state index in [1.54, 1.807) is 18.4 Å². The normalized spacial score (nSPS) is 14.1. The Bertz CT molecular complexity index is 766. The van der Waals surface area contributed by atoms with Gasteiger partial charge in [0.2, 0.25) is 0 Å². The monoisotopic (exact) mass is 369 g/mol. The van der Waals surface area contributed by atoms with Gasteiger partial charge in [-0.2, -0.15) is 0 Å². The van der Waals surface area contributed by atoms with Crippen LogP contribution < -0.4 is 15.5 Å². The highest BCUT2D eigenvalue weighted by molar-refractivity contribution is 7.11. The highest BCUT2D eigenvalue weighted by Crippen LogP contribution is 2.18. The Morgan fingerprint density at radius 1 is 1.23 bits per heavy atom. The summed E-state index contributed by atoms with van der Waals surface area (Å²) >= 11 is 1.78. The summed E-state index contributed by atoms with van der Waals surface area (Å²) in [7, 11) is 1.80. The summed E-state index contributed by atoms with van der Waals surface area (Å²) < 4.78 is 0. The van der Waals surface area contributed by atoms with Gasteiger partial charge in [-0.25, -0.2) is 4.98 Å². The first kappa shape index (κ1) is 18.5. The molecule has 138 valence electrons. The number of thiazole rings is 1. The third-order valence-electron chi connectivity index (χ3n) is 4.48. The molecule has 0 aliphatic carbocycles. The molecule has 0 bridgehead atoms. The van der Waals surface area contributed by atoms with E-state index in [-0.39, 0.29) is 0 Å². The maximum Gasteiger partial charge on any atom is 0.191 e. The van der Waals surface area contributed by atoms with E-state index in [1.807, 2.05) is 0 Å². The molecule has 3 rings (SSSR count). The molecule has 6 heteroatoms. The van der Waals surface area contributed by atoms with Crippen LogP contribution in [0.2, 0.25) is 0 Å². The number of hydrogen-bond acceptors (Lipinski definition) is 4. The lowest BCUT2D eigenvalue weighted by Crippen LogP contribution is -2.37. The summed E-state index contributed by atoms with van der Waals surface area (Å²) in [4.78, 5) is 12.6. The Balaban J connectivity index is 1.47. The second kappa shape index (κ2) is 8.85. The molecule has 1 aromatic heterocycles. The third kappa shape index (κ3) is 4.85. The fraction of sp³-hybridized carbons (Fsp3) is 0.400. The Hall–Kier alpha value is -2.34. The molecular weight excluding hydrogens is 342 g/mol. The number of hydrogen-bond donors (Lipinski definition) is 2. The summed E-state index contributed by atoms with van der Waals surface area (Å²) in [5.74, 6) is 0.822. The van der Waals surface area contributed by atoms with E-state index in [0.29, 0.717) is 0 Å². The van der Waals surface area contributed by atoms with Gasteiger partial charge in [0.15, 0.2) is 5.96 Å². The molecule has 2 N–H and O–H groups in total. The average Bonchev–Trinajstić information content (AvgIpc) is 3.29. The summed E-state index contributed by atoms with van der Waals surface area (Å²) in [6, 6.07) is 8.68. The molecular formula is C20H27N5S. The Morgan fingerprint density at radius 2 is 2.04 bits per heavy atom. The lowest BCUT2D eigenvalue weighted by molar-refractivity contribution is 0.790. The van der Waals surface area contributed by atoms with Crippen molar-refractivity contribution < 1.29 is 0 Å². The van der Waals surface area contributed by atoms with Gasteiger partial charge in [0.1, 0.15) is 0 Å². The number of guanidine groups is 1. The number of anilines is 1. The molecule has 5 nitrogen and oxygen atoms in total. The van der Waals surface area contributed by atoms with E-state index in [2.05, 4.69) is 75.8 Å². The van der Waals surface area contributed by atoms with Crippen LogP contribution in [0.3, 0.4) is 0 Å². The van der Waals surface area contributed by atoms with Crippen LogP contribution in [0, 0.1) is 13.8 Å². The van der Waals surface area contributed by atoms with Crippen LogP contribution in [0.25, 0.3) is 0 Å². The highest BCUT2D eigenvalue weighted by Gasteiger charge is 2.08. The van der Waals surface area contributed by atoms with E-state index in [0.717, 1.165) is 44.3 Å². The first-order valence-corrected chi connectivity index (χ1v) is 9.83. The van der Waals surface area contributed by atoms with Crippen molar-refractivity contribution in [3.8, 4) is 0 Å². The number of nitrogens with zero attached hydrogens (tertiary/aromatic N) is 3. The van der Waals surface area contributed by atoms with Crippen molar-refractivity contribution in [1.82, 2.24) is 15.6 Å². The third-order valence-corrected chi connectivity index (χ3v) is 5.61. The second-order valence-corrected chi connectivity index (χ2v) is 7.69. The summed E-state index contributed by atoms with van der Waals surface area (Å²) in [5.41, 5.74) is 3.66. The van der Waals surface area contributed by atoms with Gasteiger partial charge in [-0.15, -0.1) is 11.3 Å². The summed E-state index contributed by atoms with van der Waals surface area (Å²) in [5, 5.41) is 7.94. The molecule has 1 aliphatic rings. The van der Waals surface area contributed by atoms with Crippen molar-refractivity contribution in [1.29, 1.82) is 0 Å². The minimum Gasteiger partial charge on any atom is -0.364 e. The molecule has 0 saturated heterocycles. The molecule has 0 spiro atoms. The van der Waals surface area contributed by atoms with E-state index in [4.69, 9.17) is 0 Å². The van der Waals surface area contributed by atoms with Gasteiger partial charge in [0.25, 0.3) is 0 Å². The number of nitrogens with one attached hydrogen (secondary N) is 2. The van der Waals surface area contributed by atoms with Crippen molar-refractivity contribution >= 4 is 23.0 Å². The molecule has 0 amide bonds. The Labute approximate surface area is 159 Å². The van der Waals surface area contributed by atoms with Gasteiger partial charge in [-0.1, -0.05) is 24.3 Å². The van der Waals surface area contributed by atoms with E-state index in [1.165, 1.54) is 21.1 Å². The maximum atomic E-state index is 4.58. The molecule has 0 unspecified atom stereocenters. The predicted molar refractivity (Wildman–Crippen MR) is 111 cm³/mol. The lowest BCUT2D eigenvalue weighted by atomic mass is 10.2. The molecule has 2 aromatic rings. The number of aliphatic imine (C=N–C) groups is 1. The lowest BCUT2D eigenvalue weighted by Gasteiger charge is -2.19. The number of aromatic nitrogens is 1. The summed E-state index contributed by atoms with van der Waals surface area (Å²) in [6.07, 6.45) is 5.34. The van der Waals surface area contributed by atoms with Crippen molar-refractivity contribution in [2.24, 2.45) is 4.99 Å². The van der Waals surface area contributed by atoms with Crippen molar-refractivity contribution in [3.05, 3.63) is 57.6 Å². The first-order chi connectivity index (χ1) is 12.7. The minimum atomic E-state index is 0.754. The largest absolute Gasteiger partial charge is 0.364 e. The molecule has 0 radical (unpaired) electrons. The zero-order chi connectivity index (χ0) is 18.4. The molecule has 26 heavy (non-hydrogen) atoms. The number of benzene rings is 1. The van der Waals surface area contributed by atoms with Gasteiger partial charge < -0.3 is 15.5 Å². The van der Waals surface area contributed by atoms with Crippen molar-refractivity contribution in [3.63, 3.8) is 0 Å². The SMILES string of the molecule is CN=C(NCCc1nc(C)c(C)s1)NCc1cccc(N2CC=CC2)c1. The number of aryl methyl sites for hydroxylation is 2. The van der Waals surface area contributed by atoms with E-state index < -0.39 is 0 Å². The van der Waals surface area contributed by atoms with E-state index in [9.17, 15) is 0 Å². The second-order valence-electron chi connectivity index (χ2n) is 6.40. The van der Waals surface area contributed by atoms with Crippen LogP contribution in [-0.4, -0.2) is 37.6 Å². The van der Waals surface area contributed by atoms with Gasteiger partial charge in [-0.05, 0) is 31.5 Å². The highest BCUT2D eigenvalue weighted by atomic mass is 32.1. The van der Waals surface area contributed by atoms with Gasteiger partial charge in [0, 0.05) is 50.2 Å². The van der Waals surface area contributed by atoms with Crippen LogP contribution in [0.4, 0.5) is 5.69 Å². The molecule has 1 aromatic carbocycles. The molecule has 0 atom stereocenters. The van der Waals surface area contributed by atoms with Crippen LogP contribution in [0.1, 0.15) is 21.1 Å². The smallest absolute Gasteiger partial charge is 0.191 e. The summed E-state index contributed by atoms with van der Waals surface area (Å²) in [6.45, 7) is 7.76. The van der Waals surface area contributed by atoms with Crippen LogP contribution in [0.5, 0.6) is 0 Å². The zero-order valence-corrected chi connectivity index (χ0v) is 16.6. The van der Waals surface area contributed by atoms with Gasteiger partial charge >= 0.3 is 0 Å². The Kier molecular flexibility index (Phi) is 6.28. The zero-order valence-electron chi connectivity index (χ0n) is 15.7. The van der Waals surface area contributed by atoms with Gasteiger partial charge in [-0.3, -0.25) is 4.99 Å². The average molecular weight is 370 g/mol. The topological polar surface area (TPSA) is 52.6 Å². The molecule has 1 aliphatic heterocycles. The van der Waals surface area contributed by atoms with E-state index >= 15 is 0 Å². The van der Waals surface area contributed by atoms with Crippen LogP contribution >= 0.6 is 11.3 Å². The maximum absolute atomic E-state index is 4.58. The fourth-order valence-electron chi connectivity index (χ4n) is 2.89. The Morgan fingerprint density at radius 3 is 2.73 bits per heavy atom.